The Hall–Kier alpha value is -0.950. The Morgan fingerprint density at radius 3 is 2.15 bits per heavy atom. The monoisotopic (exact) mass is 300 g/mol. The van der Waals surface area contributed by atoms with Gasteiger partial charge in [0, 0.05) is 20.2 Å². The summed E-state index contributed by atoms with van der Waals surface area (Å²) in [5, 5.41) is 8.85. The maximum absolute atomic E-state index is 12.3. The van der Waals surface area contributed by atoms with E-state index in [-0.39, 0.29) is 6.61 Å². The van der Waals surface area contributed by atoms with E-state index in [1.807, 2.05) is 19.0 Å². The fourth-order valence-corrected chi connectivity index (χ4v) is 3.08. The van der Waals surface area contributed by atoms with Crippen molar-refractivity contribution in [2.45, 2.75) is 17.7 Å². The van der Waals surface area contributed by atoms with Gasteiger partial charge >= 0.3 is 0 Å². The highest BCUT2D eigenvalue weighted by Gasteiger charge is 2.20. The molecule has 20 heavy (non-hydrogen) atoms. The second-order valence-corrected chi connectivity index (χ2v) is 7.15. The van der Waals surface area contributed by atoms with Gasteiger partial charge in [0.25, 0.3) is 0 Å². The van der Waals surface area contributed by atoms with Crippen molar-refractivity contribution in [1.29, 1.82) is 0 Å². The lowest BCUT2D eigenvalue weighted by Gasteiger charge is -2.18. The van der Waals surface area contributed by atoms with Crippen LogP contribution < -0.4 is 0 Å². The van der Waals surface area contributed by atoms with Crippen molar-refractivity contribution in [3.05, 3.63) is 29.8 Å². The molecule has 1 N–H and O–H groups in total. The molecule has 0 unspecified atom stereocenters. The fraction of sp³-hybridized carbons (Fsp3) is 0.571. The van der Waals surface area contributed by atoms with E-state index in [0.29, 0.717) is 17.9 Å². The SMILES string of the molecule is CN(C)CCCN(C)S(=O)(=O)c1ccc(CCO)cc1. The molecular weight excluding hydrogens is 276 g/mol. The van der Waals surface area contributed by atoms with E-state index in [2.05, 4.69) is 0 Å². The van der Waals surface area contributed by atoms with Gasteiger partial charge in [-0.15, -0.1) is 0 Å². The van der Waals surface area contributed by atoms with Crippen molar-refractivity contribution < 1.29 is 13.5 Å². The van der Waals surface area contributed by atoms with E-state index in [9.17, 15) is 8.42 Å². The zero-order valence-electron chi connectivity index (χ0n) is 12.4. The van der Waals surface area contributed by atoms with Crippen LogP contribution in [0.5, 0.6) is 0 Å². The predicted octanol–water partition coefficient (Wildman–Crippen LogP) is 0.794. The molecule has 6 heteroatoms. The molecule has 0 aliphatic carbocycles. The molecule has 114 valence electrons. The fourth-order valence-electron chi connectivity index (χ4n) is 1.87. The Kier molecular flexibility index (Phi) is 6.61. The van der Waals surface area contributed by atoms with Gasteiger partial charge in [0.2, 0.25) is 10.0 Å². The molecule has 0 bridgehead atoms. The van der Waals surface area contributed by atoms with Gasteiger partial charge in [0.15, 0.2) is 0 Å². The third kappa shape index (κ3) is 4.86. The van der Waals surface area contributed by atoms with Crippen molar-refractivity contribution in [3.8, 4) is 0 Å². The molecule has 0 aliphatic heterocycles. The molecule has 0 aliphatic rings. The van der Waals surface area contributed by atoms with Crippen LogP contribution in [0.4, 0.5) is 0 Å². The minimum Gasteiger partial charge on any atom is -0.396 e. The van der Waals surface area contributed by atoms with E-state index in [1.54, 1.807) is 31.3 Å². The highest BCUT2D eigenvalue weighted by Crippen LogP contribution is 2.15. The first kappa shape index (κ1) is 17.1. The lowest BCUT2D eigenvalue weighted by atomic mass is 10.2. The highest BCUT2D eigenvalue weighted by molar-refractivity contribution is 7.89. The molecule has 1 aromatic carbocycles. The van der Waals surface area contributed by atoms with Gasteiger partial charge in [-0.25, -0.2) is 12.7 Å². The summed E-state index contributed by atoms with van der Waals surface area (Å²) in [7, 11) is 2.12. The summed E-state index contributed by atoms with van der Waals surface area (Å²) in [6, 6.07) is 6.69. The lowest BCUT2D eigenvalue weighted by molar-refractivity contribution is 0.299. The van der Waals surface area contributed by atoms with Crippen molar-refractivity contribution >= 4 is 10.0 Å². The number of aliphatic hydroxyl groups excluding tert-OH is 1. The van der Waals surface area contributed by atoms with Gasteiger partial charge in [0.1, 0.15) is 0 Å². The minimum atomic E-state index is -3.42. The summed E-state index contributed by atoms with van der Waals surface area (Å²) in [5.41, 5.74) is 0.932. The number of benzene rings is 1. The zero-order chi connectivity index (χ0) is 15.2. The maximum atomic E-state index is 12.3. The summed E-state index contributed by atoms with van der Waals surface area (Å²) in [5.74, 6) is 0. The molecule has 1 aromatic rings. The van der Waals surface area contributed by atoms with Crippen LogP contribution in [0.25, 0.3) is 0 Å². The molecule has 1 rings (SSSR count). The van der Waals surface area contributed by atoms with E-state index in [1.165, 1.54) is 4.31 Å². The molecule has 0 spiro atoms. The molecule has 0 amide bonds. The van der Waals surface area contributed by atoms with Crippen LogP contribution >= 0.6 is 0 Å². The summed E-state index contributed by atoms with van der Waals surface area (Å²) in [6.07, 6.45) is 1.34. The van der Waals surface area contributed by atoms with Crippen LogP contribution in [-0.4, -0.2) is 63.6 Å². The number of hydrogen-bond acceptors (Lipinski definition) is 4. The zero-order valence-corrected chi connectivity index (χ0v) is 13.2. The standard InChI is InChI=1S/C14H24N2O3S/c1-15(2)10-4-11-16(3)20(18,19)14-7-5-13(6-8-14)9-12-17/h5-8,17H,4,9-12H2,1-3H3. The van der Waals surface area contributed by atoms with Gasteiger partial charge in [-0.3, -0.25) is 0 Å². The molecule has 0 fully saturated rings. The molecule has 0 heterocycles. The number of sulfonamides is 1. The van der Waals surface area contributed by atoms with Crippen LogP contribution in [-0.2, 0) is 16.4 Å². The lowest BCUT2D eigenvalue weighted by Crippen LogP contribution is -2.29. The van der Waals surface area contributed by atoms with Gasteiger partial charge in [0.05, 0.1) is 4.90 Å². The normalized spacial score (nSPS) is 12.3. The first-order valence-electron chi connectivity index (χ1n) is 6.69. The van der Waals surface area contributed by atoms with Crippen LogP contribution in [0.15, 0.2) is 29.2 Å². The largest absolute Gasteiger partial charge is 0.396 e. The average molecular weight is 300 g/mol. The number of rotatable bonds is 8. The summed E-state index contributed by atoms with van der Waals surface area (Å²) >= 11 is 0. The van der Waals surface area contributed by atoms with Crippen LogP contribution in [0.2, 0.25) is 0 Å². The summed E-state index contributed by atoms with van der Waals surface area (Å²) in [6.45, 7) is 1.42. The third-order valence-electron chi connectivity index (χ3n) is 3.11. The van der Waals surface area contributed by atoms with Gasteiger partial charge < -0.3 is 10.0 Å². The van der Waals surface area contributed by atoms with Crippen molar-refractivity contribution in [2.24, 2.45) is 0 Å². The molecule has 0 saturated heterocycles. The molecule has 0 saturated carbocycles. The van der Waals surface area contributed by atoms with E-state index in [0.717, 1.165) is 18.5 Å². The number of aliphatic hydroxyl groups is 1. The van der Waals surface area contributed by atoms with Crippen LogP contribution in [0, 0.1) is 0 Å². The first-order chi connectivity index (χ1) is 9.37. The predicted molar refractivity (Wildman–Crippen MR) is 80.2 cm³/mol. The molecular formula is C14H24N2O3S. The van der Waals surface area contributed by atoms with Crippen molar-refractivity contribution in [1.82, 2.24) is 9.21 Å². The Labute approximate surface area is 121 Å². The van der Waals surface area contributed by atoms with Crippen molar-refractivity contribution in [3.63, 3.8) is 0 Å². The van der Waals surface area contributed by atoms with Gasteiger partial charge in [-0.05, 0) is 51.2 Å². The summed E-state index contributed by atoms with van der Waals surface area (Å²) < 4.78 is 26.1. The Bertz CT molecular complexity index is 498. The maximum Gasteiger partial charge on any atom is 0.242 e. The highest BCUT2D eigenvalue weighted by atomic mass is 32.2. The Balaban J connectivity index is 2.71. The average Bonchev–Trinajstić information content (AvgIpc) is 2.39. The number of nitrogens with zero attached hydrogens (tertiary/aromatic N) is 2. The first-order valence-corrected chi connectivity index (χ1v) is 8.13. The topological polar surface area (TPSA) is 60.9 Å². The van der Waals surface area contributed by atoms with Crippen LogP contribution in [0.1, 0.15) is 12.0 Å². The smallest absolute Gasteiger partial charge is 0.242 e. The van der Waals surface area contributed by atoms with E-state index < -0.39 is 10.0 Å². The molecule has 0 aromatic heterocycles. The Morgan fingerprint density at radius 2 is 1.65 bits per heavy atom. The molecule has 0 radical (unpaired) electrons. The second kappa shape index (κ2) is 7.73. The Morgan fingerprint density at radius 1 is 1.05 bits per heavy atom. The number of hydrogen-bond donors (Lipinski definition) is 1. The second-order valence-electron chi connectivity index (χ2n) is 5.10. The van der Waals surface area contributed by atoms with Gasteiger partial charge in [-0.2, -0.15) is 0 Å². The molecule has 5 nitrogen and oxygen atoms in total. The van der Waals surface area contributed by atoms with Crippen LogP contribution in [0.3, 0.4) is 0 Å². The quantitative estimate of drug-likeness (QED) is 0.771. The minimum absolute atomic E-state index is 0.0660. The van der Waals surface area contributed by atoms with Crippen molar-refractivity contribution in [2.75, 3.05) is 40.8 Å². The molecule has 0 atom stereocenters. The van der Waals surface area contributed by atoms with E-state index in [4.69, 9.17) is 5.11 Å². The van der Waals surface area contributed by atoms with E-state index >= 15 is 0 Å². The third-order valence-corrected chi connectivity index (χ3v) is 4.98. The van der Waals surface area contributed by atoms with Gasteiger partial charge in [-0.1, -0.05) is 12.1 Å². The summed E-state index contributed by atoms with van der Waals surface area (Å²) in [4.78, 5) is 2.33.